The maximum Gasteiger partial charge on any atom is 0.255 e. The van der Waals surface area contributed by atoms with Crippen molar-refractivity contribution in [1.82, 2.24) is 4.31 Å². The van der Waals surface area contributed by atoms with Crippen LogP contribution in [-0.4, -0.2) is 38.6 Å². The standard InChI is InChI=1S/C19H23N3O4S/c1-13(2)18(23)20-15-6-5-7-16(12-15)21-19(24)14-8-10-17(11-9-14)27(25,26)22(3)4/h5-13H,1-4H3,(H,20,23)(H,21,24). The number of benzene rings is 2. The van der Waals surface area contributed by atoms with Crippen LogP contribution in [0.15, 0.2) is 53.4 Å². The number of hydrogen-bond acceptors (Lipinski definition) is 4. The van der Waals surface area contributed by atoms with Crippen molar-refractivity contribution in [2.45, 2.75) is 18.7 Å². The summed E-state index contributed by atoms with van der Waals surface area (Å²) < 4.78 is 25.2. The number of amides is 2. The van der Waals surface area contributed by atoms with Crippen molar-refractivity contribution in [3.8, 4) is 0 Å². The zero-order valence-corrected chi connectivity index (χ0v) is 16.5. The molecular weight excluding hydrogens is 366 g/mol. The van der Waals surface area contributed by atoms with Crippen LogP contribution in [0.4, 0.5) is 11.4 Å². The molecule has 0 aliphatic rings. The van der Waals surface area contributed by atoms with Crippen LogP contribution in [0, 0.1) is 5.92 Å². The van der Waals surface area contributed by atoms with E-state index in [-0.39, 0.29) is 22.6 Å². The minimum Gasteiger partial charge on any atom is -0.326 e. The molecule has 0 aliphatic carbocycles. The molecule has 0 saturated carbocycles. The molecule has 2 aromatic carbocycles. The monoisotopic (exact) mass is 389 g/mol. The van der Waals surface area contributed by atoms with E-state index < -0.39 is 10.0 Å². The molecule has 2 aromatic rings. The third kappa shape index (κ3) is 5.15. The summed E-state index contributed by atoms with van der Waals surface area (Å²) in [6.07, 6.45) is 0. The van der Waals surface area contributed by atoms with Crippen LogP contribution in [0.2, 0.25) is 0 Å². The predicted octanol–water partition coefficient (Wildman–Crippen LogP) is 2.78. The number of nitrogens with zero attached hydrogens (tertiary/aromatic N) is 1. The number of carbonyl (C=O) groups is 2. The van der Waals surface area contributed by atoms with E-state index >= 15 is 0 Å². The minimum absolute atomic E-state index is 0.113. The Balaban J connectivity index is 2.12. The molecule has 2 amide bonds. The van der Waals surface area contributed by atoms with Crippen LogP contribution < -0.4 is 10.6 Å². The molecule has 144 valence electrons. The topological polar surface area (TPSA) is 95.6 Å². The van der Waals surface area contributed by atoms with Crippen LogP contribution >= 0.6 is 0 Å². The van der Waals surface area contributed by atoms with Gasteiger partial charge < -0.3 is 10.6 Å². The summed E-state index contributed by atoms with van der Waals surface area (Å²) in [5.41, 5.74) is 1.43. The second-order valence-electron chi connectivity index (χ2n) is 6.49. The first kappa shape index (κ1) is 20.6. The Morgan fingerprint density at radius 3 is 2.00 bits per heavy atom. The van der Waals surface area contributed by atoms with Gasteiger partial charge in [-0.2, -0.15) is 0 Å². The van der Waals surface area contributed by atoms with E-state index in [9.17, 15) is 18.0 Å². The van der Waals surface area contributed by atoms with E-state index in [4.69, 9.17) is 0 Å². The highest BCUT2D eigenvalue weighted by molar-refractivity contribution is 7.89. The maximum atomic E-state index is 12.4. The number of nitrogens with one attached hydrogen (secondary N) is 2. The van der Waals surface area contributed by atoms with Gasteiger partial charge in [0.15, 0.2) is 0 Å². The highest BCUT2D eigenvalue weighted by atomic mass is 32.2. The molecule has 7 nitrogen and oxygen atoms in total. The summed E-state index contributed by atoms with van der Waals surface area (Å²) in [7, 11) is -0.650. The first-order chi connectivity index (χ1) is 12.6. The van der Waals surface area contributed by atoms with Crippen LogP contribution in [0.3, 0.4) is 0 Å². The Morgan fingerprint density at radius 1 is 0.926 bits per heavy atom. The lowest BCUT2D eigenvalue weighted by Gasteiger charge is -2.12. The van der Waals surface area contributed by atoms with Gasteiger partial charge in [-0.25, -0.2) is 12.7 Å². The predicted molar refractivity (Wildman–Crippen MR) is 105 cm³/mol. The Kier molecular flexibility index (Phi) is 6.35. The van der Waals surface area contributed by atoms with E-state index in [1.807, 2.05) is 0 Å². The van der Waals surface area contributed by atoms with Gasteiger partial charge in [-0.15, -0.1) is 0 Å². The van der Waals surface area contributed by atoms with Crippen LogP contribution in [0.1, 0.15) is 24.2 Å². The van der Waals surface area contributed by atoms with Gasteiger partial charge >= 0.3 is 0 Å². The van der Waals surface area contributed by atoms with Crippen LogP contribution in [0.25, 0.3) is 0 Å². The molecule has 0 spiro atoms. The summed E-state index contributed by atoms with van der Waals surface area (Å²) in [6, 6.07) is 12.5. The van der Waals surface area contributed by atoms with E-state index in [0.29, 0.717) is 16.9 Å². The van der Waals surface area contributed by atoms with E-state index in [2.05, 4.69) is 10.6 Å². The molecule has 0 aliphatic heterocycles. The normalized spacial score (nSPS) is 11.5. The Hall–Kier alpha value is -2.71. The molecule has 0 heterocycles. The summed E-state index contributed by atoms with van der Waals surface area (Å²) in [6.45, 7) is 3.59. The molecule has 0 aromatic heterocycles. The molecule has 2 N–H and O–H groups in total. The molecule has 0 unspecified atom stereocenters. The smallest absolute Gasteiger partial charge is 0.255 e. The molecule has 0 saturated heterocycles. The Bertz CT molecular complexity index is 936. The fourth-order valence-corrected chi connectivity index (χ4v) is 3.06. The first-order valence-electron chi connectivity index (χ1n) is 8.36. The molecule has 0 atom stereocenters. The van der Waals surface area contributed by atoms with Crippen molar-refractivity contribution in [2.75, 3.05) is 24.7 Å². The maximum absolute atomic E-state index is 12.4. The van der Waals surface area contributed by atoms with Gasteiger partial charge in [0.05, 0.1) is 4.90 Å². The SMILES string of the molecule is CC(C)C(=O)Nc1cccc(NC(=O)c2ccc(S(=O)(=O)N(C)C)cc2)c1. The lowest BCUT2D eigenvalue weighted by atomic mass is 10.2. The van der Waals surface area contributed by atoms with Gasteiger partial charge in [-0.3, -0.25) is 9.59 Å². The minimum atomic E-state index is -3.54. The molecule has 0 fully saturated rings. The van der Waals surface area contributed by atoms with Crippen molar-refractivity contribution in [3.63, 3.8) is 0 Å². The molecule has 27 heavy (non-hydrogen) atoms. The number of anilines is 2. The molecule has 2 rings (SSSR count). The zero-order valence-electron chi connectivity index (χ0n) is 15.7. The lowest BCUT2D eigenvalue weighted by molar-refractivity contribution is -0.118. The largest absolute Gasteiger partial charge is 0.326 e. The van der Waals surface area contributed by atoms with Crippen molar-refractivity contribution in [2.24, 2.45) is 5.92 Å². The molecule has 0 bridgehead atoms. The van der Waals surface area contributed by atoms with Gasteiger partial charge in [-0.05, 0) is 42.5 Å². The van der Waals surface area contributed by atoms with Gasteiger partial charge in [0.25, 0.3) is 5.91 Å². The number of sulfonamides is 1. The molecular formula is C19H23N3O4S. The fraction of sp³-hybridized carbons (Fsp3) is 0.263. The Morgan fingerprint density at radius 2 is 1.48 bits per heavy atom. The third-order valence-corrected chi connectivity index (χ3v) is 5.64. The van der Waals surface area contributed by atoms with E-state index in [1.54, 1.807) is 38.1 Å². The lowest BCUT2D eigenvalue weighted by Crippen LogP contribution is -2.22. The summed E-state index contributed by atoms with van der Waals surface area (Å²) in [5.74, 6) is -0.646. The zero-order chi connectivity index (χ0) is 20.2. The average Bonchev–Trinajstić information content (AvgIpc) is 2.61. The second-order valence-corrected chi connectivity index (χ2v) is 8.64. The van der Waals surface area contributed by atoms with E-state index in [0.717, 1.165) is 4.31 Å². The number of hydrogen-bond donors (Lipinski definition) is 2. The van der Waals surface area contributed by atoms with Crippen LogP contribution in [0.5, 0.6) is 0 Å². The third-order valence-electron chi connectivity index (χ3n) is 3.81. The first-order valence-corrected chi connectivity index (χ1v) is 9.80. The number of rotatable bonds is 6. The van der Waals surface area contributed by atoms with Gasteiger partial charge in [0.1, 0.15) is 0 Å². The van der Waals surface area contributed by atoms with Crippen molar-refractivity contribution in [1.29, 1.82) is 0 Å². The van der Waals surface area contributed by atoms with Crippen LogP contribution in [-0.2, 0) is 14.8 Å². The number of carbonyl (C=O) groups excluding carboxylic acids is 2. The summed E-state index contributed by atoms with van der Waals surface area (Å²) >= 11 is 0. The van der Waals surface area contributed by atoms with Gasteiger partial charge in [0.2, 0.25) is 15.9 Å². The van der Waals surface area contributed by atoms with Gasteiger partial charge in [-0.1, -0.05) is 19.9 Å². The van der Waals surface area contributed by atoms with Crippen molar-refractivity contribution in [3.05, 3.63) is 54.1 Å². The van der Waals surface area contributed by atoms with E-state index in [1.165, 1.54) is 38.4 Å². The highest BCUT2D eigenvalue weighted by Gasteiger charge is 2.17. The Labute approximate surface area is 159 Å². The summed E-state index contributed by atoms with van der Waals surface area (Å²) in [4.78, 5) is 24.3. The van der Waals surface area contributed by atoms with Crippen molar-refractivity contribution < 1.29 is 18.0 Å². The second kappa shape index (κ2) is 8.32. The highest BCUT2D eigenvalue weighted by Crippen LogP contribution is 2.18. The average molecular weight is 389 g/mol. The molecule has 8 heteroatoms. The fourth-order valence-electron chi connectivity index (χ4n) is 2.15. The van der Waals surface area contributed by atoms with Crippen molar-refractivity contribution >= 4 is 33.2 Å². The molecule has 0 radical (unpaired) electrons. The quantitative estimate of drug-likeness (QED) is 0.794. The van der Waals surface area contributed by atoms with Gasteiger partial charge in [0, 0.05) is 37.0 Å². The summed E-state index contributed by atoms with van der Waals surface area (Å²) in [5, 5.41) is 5.50.